The van der Waals surface area contributed by atoms with E-state index in [1.54, 1.807) is 7.11 Å². The van der Waals surface area contributed by atoms with Crippen LogP contribution in [0, 0.1) is 6.92 Å². The van der Waals surface area contributed by atoms with Crippen molar-refractivity contribution in [1.29, 1.82) is 0 Å². The Morgan fingerprint density at radius 3 is 2.52 bits per heavy atom. The van der Waals surface area contributed by atoms with Gasteiger partial charge in [-0.15, -0.1) is 0 Å². The Bertz CT molecular complexity index is 1070. The molecule has 0 amide bonds. The Balaban J connectivity index is 1.65. The van der Waals surface area contributed by atoms with E-state index >= 15 is 0 Å². The maximum absolute atomic E-state index is 11.6. The molecule has 3 aromatic rings. The fourth-order valence-electron chi connectivity index (χ4n) is 3.45. The molecule has 27 heavy (non-hydrogen) atoms. The molecule has 0 N–H and O–H groups in total. The van der Waals surface area contributed by atoms with Crippen LogP contribution in [0.3, 0.4) is 0 Å². The number of hydrogen-bond acceptors (Lipinski definition) is 6. The number of hydrogen-bond donors (Lipinski definition) is 0. The first-order valence-electron chi connectivity index (χ1n) is 8.92. The van der Waals surface area contributed by atoms with Crippen LogP contribution in [0.2, 0.25) is 0 Å². The number of rotatable bonds is 4. The van der Waals surface area contributed by atoms with Gasteiger partial charge in [-0.2, -0.15) is 0 Å². The molecule has 7 heteroatoms. The van der Waals surface area contributed by atoms with Crippen LogP contribution in [0.5, 0.6) is 5.75 Å². The zero-order chi connectivity index (χ0) is 19.0. The van der Waals surface area contributed by atoms with E-state index in [1.807, 2.05) is 43.3 Å². The summed E-state index contributed by atoms with van der Waals surface area (Å²) in [7, 11) is -1.22. The van der Waals surface area contributed by atoms with E-state index in [1.165, 1.54) is 0 Å². The fraction of sp³-hybridized carbons (Fsp3) is 0.350. The van der Waals surface area contributed by atoms with Gasteiger partial charge in [-0.05, 0) is 24.4 Å². The van der Waals surface area contributed by atoms with Crippen molar-refractivity contribution in [3.63, 3.8) is 0 Å². The third kappa shape index (κ3) is 3.57. The van der Waals surface area contributed by atoms with E-state index in [9.17, 15) is 8.42 Å². The number of oxazole rings is 1. The standard InChI is InChI=1S/C20H22N2O4S/c1-14-18(13-22-9-11-27(23,24)12-10-22)21-20(26-14)17-7-8-19(25-2)16-6-4-3-5-15(16)17/h3-8H,9-13H2,1-2H3. The largest absolute Gasteiger partial charge is 0.496 e. The summed E-state index contributed by atoms with van der Waals surface area (Å²) in [5.74, 6) is 2.57. The molecule has 0 aliphatic carbocycles. The van der Waals surface area contributed by atoms with Crippen molar-refractivity contribution in [3.8, 4) is 17.2 Å². The Kier molecular flexibility index (Phi) is 4.65. The normalized spacial score (nSPS) is 17.3. The minimum atomic E-state index is -2.88. The number of benzene rings is 2. The molecule has 0 atom stereocenters. The lowest BCUT2D eigenvalue weighted by Crippen LogP contribution is -2.39. The number of sulfone groups is 1. The van der Waals surface area contributed by atoms with Crippen LogP contribution in [-0.4, -0.2) is 50.0 Å². The molecule has 2 heterocycles. The lowest BCUT2D eigenvalue weighted by Gasteiger charge is -2.25. The third-order valence-electron chi connectivity index (χ3n) is 5.04. The van der Waals surface area contributed by atoms with Crippen molar-refractivity contribution in [3.05, 3.63) is 47.9 Å². The van der Waals surface area contributed by atoms with Gasteiger partial charge in [-0.1, -0.05) is 24.3 Å². The number of aryl methyl sites for hydroxylation is 1. The van der Waals surface area contributed by atoms with Crippen LogP contribution in [0.15, 0.2) is 40.8 Å². The maximum Gasteiger partial charge on any atom is 0.227 e. The van der Waals surface area contributed by atoms with Crippen LogP contribution < -0.4 is 4.74 Å². The summed E-state index contributed by atoms with van der Waals surface area (Å²) in [5.41, 5.74) is 1.77. The Hall–Kier alpha value is -2.38. The molecule has 1 aromatic heterocycles. The molecule has 0 radical (unpaired) electrons. The van der Waals surface area contributed by atoms with Crippen molar-refractivity contribution >= 4 is 20.6 Å². The molecular weight excluding hydrogens is 364 g/mol. The van der Waals surface area contributed by atoms with Crippen molar-refractivity contribution in [1.82, 2.24) is 9.88 Å². The first-order chi connectivity index (χ1) is 13.0. The van der Waals surface area contributed by atoms with Gasteiger partial charge in [0, 0.05) is 30.6 Å². The second-order valence-electron chi connectivity index (χ2n) is 6.81. The molecule has 1 aliphatic heterocycles. The molecule has 2 aromatic carbocycles. The summed E-state index contributed by atoms with van der Waals surface area (Å²) >= 11 is 0. The van der Waals surface area contributed by atoms with E-state index in [0.29, 0.717) is 25.5 Å². The van der Waals surface area contributed by atoms with Crippen molar-refractivity contribution < 1.29 is 17.6 Å². The monoisotopic (exact) mass is 386 g/mol. The molecule has 6 nitrogen and oxygen atoms in total. The lowest BCUT2D eigenvalue weighted by atomic mass is 10.0. The van der Waals surface area contributed by atoms with Crippen molar-refractivity contribution in [2.45, 2.75) is 13.5 Å². The molecule has 1 aliphatic rings. The smallest absolute Gasteiger partial charge is 0.227 e. The van der Waals surface area contributed by atoms with E-state index < -0.39 is 9.84 Å². The zero-order valence-corrected chi connectivity index (χ0v) is 16.3. The molecule has 0 unspecified atom stereocenters. The minimum absolute atomic E-state index is 0.208. The molecule has 4 rings (SSSR count). The first-order valence-corrected chi connectivity index (χ1v) is 10.7. The van der Waals surface area contributed by atoms with Gasteiger partial charge in [0.05, 0.1) is 24.3 Å². The average molecular weight is 386 g/mol. The highest BCUT2D eigenvalue weighted by Gasteiger charge is 2.23. The first kappa shape index (κ1) is 18.0. The predicted molar refractivity (Wildman–Crippen MR) is 105 cm³/mol. The summed E-state index contributed by atoms with van der Waals surface area (Å²) in [5, 5.41) is 2.03. The Labute approximate surface area is 158 Å². The Morgan fingerprint density at radius 2 is 1.81 bits per heavy atom. The third-order valence-corrected chi connectivity index (χ3v) is 6.65. The molecule has 1 saturated heterocycles. The maximum atomic E-state index is 11.6. The number of fused-ring (bicyclic) bond motifs is 1. The number of aromatic nitrogens is 1. The van der Waals surface area contributed by atoms with Crippen LogP contribution in [-0.2, 0) is 16.4 Å². The van der Waals surface area contributed by atoms with Crippen LogP contribution in [0.1, 0.15) is 11.5 Å². The average Bonchev–Trinajstić information content (AvgIpc) is 3.02. The van der Waals surface area contributed by atoms with Gasteiger partial charge in [0.1, 0.15) is 11.5 Å². The van der Waals surface area contributed by atoms with Gasteiger partial charge >= 0.3 is 0 Å². The second-order valence-corrected chi connectivity index (χ2v) is 9.11. The van der Waals surface area contributed by atoms with E-state index in [2.05, 4.69) is 4.90 Å². The summed E-state index contributed by atoms with van der Waals surface area (Å²) < 4.78 is 34.6. The van der Waals surface area contributed by atoms with Gasteiger partial charge in [0.15, 0.2) is 9.84 Å². The van der Waals surface area contributed by atoms with Crippen LogP contribution >= 0.6 is 0 Å². The molecule has 0 bridgehead atoms. The van der Waals surface area contributed by atoms with Gasteiger partial charge in [-0.25, -0.2) is 13.4 Å². The lowest BCUT2D eigenvalue weighted by molar-refractivity contribution is 0.283. The van der Waals surface area contributed by atoms with Gasteiger partial charge in [-0.3, -0.25) is 4.90 Å². The summed E-state index contributed by atoms with van der Waals surface area (Å²) in [6.45, 7) is 3.57. The minimum Gasteiger partial charge on any atom is -0.496 e. The summed E-state index contributed by atoms with van der Waals surface area (Å²) in [4.78, 5) is 6.83. The van der Waals surface area contributed by atoms with Crippen molar-refractivity contribution in [2.24, 2.45) is 0 Å². The van der Waals surface area contributed by atoms with Gasteiger partial charge in [0.2, 0.25) is 5.89 Å². The highest BCUT2D eigenvalue weighted by atomic mass is 32.2. The zero-order valence-electron chi connectivity index (χ0n) is 15.4. The molecule has 1 fully saturated rings. The van der Waals surface area contributed by atoms with Gasteiger partial charge in [0.25, 0.3) is 0 Å². The summed E-state index contributed by atoms with van der Waals surface area (Å²) in [6, 6.07) is 11.9. The Morgan fingerprint density at radius 1 is 1.11 bits per heavy atom. The number of methoxy groups -OCH3 is 1. The van der Waals surface area contributed by atoms with E-state index in [4.69, 9.17) is 14.1 Å². The van der Waals surface area contributed by atoms with Crippen LogP contribution in [0.25, 0.3) is 22.2 Å². The SMILES string of the molecule is COc1ccc(-c2nc(CN3CCS(=O)(=O)CC3)c(C)o2)c2ccccc12. The second kappa shape index (κ2) is 6.98. The van der Waals surface area contributed by atoms with E-state index in [-0.39, 0.29) is 11.5 Å². The predicted octanol–water partition coefficient (Wildman–Crippen LogP) is 3.04. The topological polar surface area (TPSA) is 72.6 Å². The molecule has 0 saturated carbocycles. The molecule has 142 valence electrons. The number of ether oxygens (including phenoxy) is 1. The summed E-state index contributed by atoms with van der Waals surface area (Å²) in [6.07, 6.45) is 0. The van der Waals surface area contributed by atoms with Crippen molar-refractivity contribution in [2.75, 3.05) is 31.7 Å². The highest BCUT2D eigenvalue weighted by Crippen LogP contribution is 2.34. The number of nitrogens with zero attached hydrogens (tertiary/aromatic N) is 2. The van der Waals surface area contributed by atoms with Crippen LogP contribution in [0.4, 0.5) is 0 Å². The fourth-order valence-corrected chi connectivity index (χ4v) is 4.72. The molecular formula is C20H22N2O4S. The van der Waals surface area contributed by atoms with Gasteiger partial charge < -0.3 is 9.15 Å². The quantitative estimate of drug-likeness (QED) is 0.686. The molecule has 0 spiro atoms. The van der Waals surface area contributed by atoms with E-state index in [0.717, 1.165) is 33.5 Å². The highest BCUT2D eigenvalue weighted by molar-refractivity contribution is 7.91.